The largest absolute Gasteiger partial charge is 0.331 e. The molecule has 1 heterocycles. The van der Waals surface area contributed by atoms with Crippen LogP contribution in [0.3, 0.4) is 0 Å². The van der Waals surface area contributed by atoms with Gasteiger partial charge < -0.3 is 10.6 Å². The van der Waals surface area contributed by atoms with E-state index in [1.165, 1.54) is 16.7 Å². The van der Waals surface area contributed by atoms with Gasteiger partial charge in [-0.15, -0.1) is 12.4 Å². The predicted molar refractivity (Wildman–Crippen MR) is 112 cm³/mol. The number of aryl methyl sites for hydroxylation is 1. The highest BCUT2D eigenvalue weighted by molar-refractivity contribution is 6.00. The summed E-state index contributed by atoms with van der Waals surface area (Å²) in [5, 5.41) is 13.9. The first-order valence-electron chi connectivity index (χ1n) is 9.05. The van der Waals surface area contributed by atoms with Gasteiger partial charge in [0.25, 0.3) is 0 Å². The third-order valence-electron chi connectivity index (χ3n) is 5.13. The minimum Gasteiger partial charge on any atom is -0.331 e. The van der Waals surface area contributed by atoms with E-state index < -0.39 is 0 Å². The number of aromatic nitrogens is 2. The van der Waals surface area contributed by atoms with Gasteiger partial charge >= 0.3 is 6.03 Å². The Labute approximate surface area is 165 Å². The molecule has 1 aliphatic carbocycles. The summed E-state index contributed by atoms with van der Waals surface area (Å²) in [7, 11) is 0. The van der Waals surface area contributed by atoms with Crippen molar-refractivity contribution >= 4 is 35.0 Å². The summed E-state index contributed by atoms with van der Waals surface area (Å²) in [5.74, 6) is 0. The average Bonchev–Trinajstić information content (AvgIpc) is 3.21. The molecule has 0 saturated heterocycles. The lowest BCUT2D eigenvalue weighted by Crippen LogP contribution is -2.31. The van der Waals surface area contributed by atoms with Gasteiger partial charge in [0.1, 0.15) is 0 Å². The SMILES string of the molecule is CC(C)(C)c1ccc2c(c1)CC[C@H]2NC(=O)Nc1cccc2[nH]ncc12.Cl. The molecule has 1 atom stereocenters. The number of fused-ring (bicyclic) bond motifs is 2. The molecule has 0 spiro atoms. The van der Waals surface area contributed by atoms with E-state index in [1.54, 1.807) is 6.20 Å². The molecule has 2 amide bonds. The van der Waals surface area contributed by atoms with Crippen molar-refractivity contribution in [2.75, 3.05) is 5.32 Å². The smallest absolute Gasteiger partial charge is 0.319 e. The van der Waals surface area contributed by atoms with Crippen LogP contribution in [0.4, 0.5) is 10.5 Å². The van der Waals surface area contributed by atoms with Crippen LogP contribution in [0.25, 0.3) is 10.9 Å². The zero-order chi connectivity index (χ0) is 18.3. The van der Waals surface area contributed by atoms with Crippen molar-refractivity contribution in [1.29, 1.82) is 0 Å². The van der Waals surface area contributed by atoms with E-state index in [0.717, 1.165) is 29.4 Å². The van der Waals surface area contributed by atoms with Crippen molar-refractivity contribution in [2.45, 2.75) is 45.1 Å². The highest BCUT2D eigenvalue weighted by Gasteiger charge is 2.26. The first-order chi connectivity index (χ1) is 12.4. The van der Waals surface area contributed by atoms with Crippen LogP contribution in [-0.4, -0.2) is 16.2 Å². The fourth-order valence-corrected chi connectivity index (χ4v) is 3.63. The quantitative estimate of drug-likeness (QED) is 0.575. The summed E-state index contributed by atoms with van der Waals surface area (Å²) in [4.78, 5) is 12.5. The Morgan fingerprint density at radius 1 is 1.22 bits per heavy atom. The number of benzene rings is 2. The molecule has 0 aliphatic heterocycles. The number of amides is 2. The molecule has 142 valence electrons. The lowest BCUT2D eigenvalue weighted by atomic mass is 9.85. The number of urea groups is 1. The molecule has 1 aliphatic rings. The number of hydrogen-bond donors (Lipinski definition) is 3. The van der Waals surface area contributed by atoms with E-state index in [4.69, 9.17) is 0 Å². The number of carbonyl (C=O) groups is 1. The molecule has 1 aromatic heterocycles. The average molecular weight is 385 g/mol. The molecule has 0 radical (unpaired) electrons. The Hall–Kier alpha value is -2.53. The van der Waals surface area contributed by atoms with Gasteiger partial charge in [0, 0.05) is 5.39 Å². The number of nitrogens with one attached hydrogen (secondary N) is 3. The second-order valence-corrected chi connectivity index (χ2v) is 7.99. The molecule has 0 saturated carbocycles. The summed E-state index contributed by atoms with van der Waals surface area (Å²) in [6.07, 6.45) is 3.66. The van der Waals surface area contributed by atoms with Crippen LogP contribution in [0.1, 0.15) is 49.9 Å². The first kappa shape index (κ1) is 19.2. The van der Waals surface area contributed by atoms with Gasteiger partial charge in [-0.25, -0.2) is 4.79 Å². The Bertz CT molecular complexity index is 974. The molecule has 5 nitrogen and oxygen atoms in total. The van der Waals surface area contributed by atoms with Crippen molar-refractivity contribution in [3.05, 3.63) is 59.3 Å². The van der Waals surface area contributed by atoms with E-state index in [-0.39, 0.29) is 29.9 Å². The molecule has 6 heteroatoms. The van der Waals surface area contributed by atoms with Gasteiger partial charge in [0.15, 0.2) is 0 Å². The number of aromatic amines is 1. The lowest BCUT2D eigenvalue weighted by Gasteiger charge is -2.21. The molecular formula is C21H25ClN4O. The molecule has 3 aromatic rings. The maximum absolute atomic E-state index is 12.5. The Morgan fingerprint density at radius 3 is 2.81 bits per heavy atom. The Balaban J connectivity index is 0.00000210. The molecule has 0 unspecified atom stereocenters. The first-order valence-corrected chi connectivity index (χ1v) is 9.05. The van der Waals surface area contributed by atoms with Gasteiger partial charge in [-0.3, -0.25) is 5.10 Å². The normalized spacial score (nSPS) is 15.9. The molecule has 2 aromatic carbocycles. The standard InChI is InChI=1S/C21H24N4O.ClH/c1-21(2,3)14-8-9-15-13(11-14)7-10-18(15)24-20(26)23-17-5-4-6-19-16(17)12-22-25-19;/h4-6,8-9,11-12,18H,7,10H2,1-3H3,(H,22,25)(H2,23,24,26);1H/t18-;/m1./s1. The van der Waals surface area contributed by atoms with E-state index in [0.29, 0.717) is 0 Å². The number of nitrogens with zero attached hydrogens (tertiary/aromatic N) is 1. The van der Waals surface area contributed by atoms with Crippen LogP contribution < -0.4 is 10.6 Å². The monoisotopic (exact) mass is 384 g/mol. The number of hydrogen-bond acceptors (Lipinski definition) is 2. The fourth-order valence-electron chi connectivity index (χ4n) is 3.63. The highest BCUT2D eigenvalue weighted by Crippen LogP contribution is 2.34. The summed E-state index contributed by atoms with van der Waals surface area (Å²) < 4.78 is 0. The van der Waals surface area contributed by atoms with Crippen LogP contribution in [0.5, 0.6) is 0 Å². The van der Waals surface area contributed by atoms with Crippen LogP contribution in [-0.2, 0) is 11.8 Å². The Morgan fingerprint density at radius 2 is 2.04 bits per heavy atom. The van der Waals surface area contributed by atoms with Crippen molar-refractivity contribution in [3.8, 4) is 0 Å². The second-order valence-electron chi connectivity index (χ2n) is 7.99. The summed E-state index contributed by atoms with van der Waals surface area (Å²) in [6.45, 7) is 6.68. The van der Waals surface area contributed by atoms with E-state index in [1.807, 2.05) is 18.2 Å². The third-order valence-corrected chi connectivity index (χ3v) is 5.13. The number of anilines is 1. The van der Waals surface area contributed by atoms with E-state index in [9.17, 15) is 4.79 Å². The highest BCUT2D eigenvalue weighted by atomic mass is 35.5. The van der Waals surface area contributed by atoms with E-state index in [2.05, 4.69) is 59.8 Å². The lowest BCUT2D eigenvalue weighted by molar-refractivity contribution is 0.248. The topological polar surface area (TPSA) is 69.8 Å². The molecule has 27 heavy (non-hydrogen) atoms. The van der Waals surface area contributed by atoms with Gasteiger partial charge in [-0.05, 0) is 47.1 Å². The fraction of sp³-hybridized carbons (Fsp3) is 0.333. The van der Waals surface area contributed by atoms with Crippen LogP contribution >= 0.6 is 12.4 Å². The maximum atomic E-state index is 12.5. The molecule has 0 fully saturated rings. The summed E-state index contributed by atoms with van der Waals surface area (Å²) in [5.41, 5.74) is 5.72. The zero-order valence-electron chi connectivity index (χ0n) is 15.8. The molecular weight excluding hydrogens is 360 g/mol. The van der Waals surface area contributed by atoms with Crippen molar-refractivity contribution in [2.24, 2.45) is 0 Å². The van der Waals surface area contributed by atoms with Gasteiger partial charge in [-0.2, -0.15) is 5.10 Å². The number of rotatable bonds is 2. The molecule has 0 bridgehead atoms. The van der Waals surface area contributed by atoms with Crippen LogP contribution in [0.2, 0.25) is 0 Å². The number of halogens is 1. The van der Waals surface area contributed by atoms with Gasteiger partial charge in [0.2, 0.25) is 0 Å². The number of carbonyl (C=O) groups excluding carboxylic acids is 1. The van der Waals surface area contributed by atoms with Gasteiger partial charge in [-0.1, -0.05) is 45.0 Å². The van der Waals surface area contributed by atoms with Crippen molar-refractivity contribution in [3.63, 3.8) is 0 Å². The predicted octanol–water partition coefficient (Wildman–Crippen LogP) is 5.09. The van der Waals surface area contributed by atoms with Crippen molar-refractivity contribution < 1.29 is 4.79 Å². The minimum absolute atomic E-state index is 0. The summed E-state index contributed by atoms with van der Waals surface area (Å²) >= 11 is 0. The Kier molecular flexibility index (Phi) is 5.16. The molecule has 4 rings (SSSR count). The number of H-pyrrole nitrogens is 1. The summed E-state index contributed by atoms with van der Waals surface area (Å²) in [6, 6.07) is 12.2. The van der Waals surface area contributed by atoms with Crippen molar-refractivity contribution in [1.82, 2.24) is 15.5 Å². The maximum Gasteiger partial charge on any atom is 0.319 e. The minimum atomic E-state index is -0.184. The zero-order valence-corrected chi connectivity index (χ0v) is 16.6. The third kappa shape index (κ3) is 3.78. The van der Waals surface area contributed by atoms with Crippen LogP contribution in [0, 0.1) is 0 Å². The molecule has 3 N–H and O–H groups in total. The van der Waals surface area contributed by atoms with Gasteiger partial charge in [0.05, 0.1) is 23.4 Å². The van der Waals surface area contributed by atoms with E-state index >= 15 is 0 Å². The van der Waals surface area contributed by atoms with Crippen LogP contribution in [0.15, 0.2) is 42.6 Å². The second kappa shape index (κ2) is 7.24.